The van der Waals surface area contributed by atoms with Crippen molar-refractivity contribution in [1.29, 1.82) is 0 Å². The van der Waals surface area contributed by atoms with Gasteiger partial charge < -0.3 is 15.5 Å². The van der Waals surface area contributed by atoms with Crippen LogP contribution in [-0.2, 0) is 6.18 Å². The molecule has 1 aliphatic rings. The first-order valence-electron chi connectivity index (χ1n) is 13.3. The number of carbonyl (C=O) groups is 1. The molecule has 2 aromatic carbocycles. The number of piperidine rings is 1. The Morgan fingerprint density at radius 3 is 2.35 bits per heavy atom. The van der Waals surface area contributed by atoms with Gasteiger partial charge in [0.1, 0.15) is 17.8 Å². The maximum absolute atomic E-state index is 12.7. The van der Waals surface area contributed by atoms with Gasteiger partial charge in [-0.15, -0.1) is 0 Å². The first kappa shape index (κ1) is 28.7. The number of halogens is 5. The van der Waals surface area contributed by atoms with Crippen molar-refractivity contribution in [3.8, 4) is 17.1 Å². The van der Waals surface area contributed by atoms with E-state index in [1.54, 1.807) is 18.2 Å². The highest BCUT2D eigenvalue weighted by Gasteiger charge is 2.32. The minimum absolute atomic E-state index is 0.152. The Balaban J connectivity index is 1.21. The van der Waals surface area contributed by atoms with Gasteiger partial charge in [-0.3, -0.25) is 4.57 Å². The SMILES string of the molecule is O=C(Nc1ccc(C(F)(F)F)nc1)NC1CCN(c2ncnc3c2nc(-c2ccccc2Cl)n3-c2ccc(Cl)cc2)CC1. The Hall–Kier alpha value is -4.42. The summed E-state index contributed by atoms with van der Waals surface area (Å²) in [6.45, 7) is 1.16. The maximum atomic E-state index is 12.7. The van der Waals surface area contributed by atoms with Crippen molar-refractivity contribution < 1.29 is 18.0 Å². The molecule has 4 heterocycles. The zero-order valence-electron chi connectivity index (χ0n) is 22.3. The molecule has 1 saturated heterocycles. The normalized spacial score (nSPS) is 14.2. The summed E-state index contributed by atoms with van der Waals surface area (Å²) >= 11 is 12.7. The molecule has 3 aromatic heterocycles. The summed E-state index contributed by atoms with van der Waals surface area (Å²) in [5.41, 5.74) is 1.89. The van der Waals surface area contributed by atoms with Gasteiger partial charge >= 0.3 is 12.2 Å². The van der Waals surface area contributed by atoms with Crippen molar-refractivity contribution in [3.63, 3.8) is 0 Å². The van der Waals surface area contributed by atoms with Gasteiger partial charge in [0.05, 0.1) is 16.9 Å². The highest BCUT2D eigenvalue weighted by molar-refractivity contribution is 6.33. The number of fused-ring (bicyclic) bond motifs is 1. The summed E-state index contributed by atoms with van der Waals surface area (Å²) in [7, 11) is 0. The number of imidazole rings is 1. The monoisotopic (exact) mass is 626 g/mol. The van der Waals surface area contributed by atoms with Crippen LogP contribution in [0.25, 0.3) is 28.2 Å². The fourth-order valence-corrected chi connectivity index (χ4v) is 5.34. The molecule has 2 amide bonds. The van der Waals surface area contributed by atoms with Crippen molar-refractivity contribution in [1.82, 2.24) is 29.8 Å². The number of pyridine rings is 1. The molecule has 0 radical (unpaired) electrons. The van der Waals surface area contributed by atoms with E-state index in [1.807, 2.05) is 34.9 Å². The highest BCUT2D eigenvalue weighted by Crippen LogP contribution is 2.35. The van der Waals surface area contributed by atoms with Crippen LogP contribution in [0.4, 0.5) is 29.5 Å². The molecule has 6 rings (SSSR count). The van der Waals surface area contributed by atoms with Crippen LogP contribution >= 0.6 is 23.2 Å². The zero-order valence-corrected chi connectivity index (χ0v) is 23.8. The van der Waals surface area contributed by atoms with E-state index in [-0.39, 0.29) is 11.7 Å². The molecule has 9 nitrogen and oxygen atoms in total. The van der Waals surface area contributed by atoms with Gasteiger partial charge in [0.15, 0.2) is 17.0 Å². The molecule has 1 fully saturated rings. The van der Waals surface area contributed by atoms with Gasteiger partial charge in [0.2, 0.25) is 0 Å². The number of rotatable bonds is 5. The molecule has 0 atom stereocenters. The number of anilines is 2. The number of amides is 2. The van der Waals surface area contributed by atoms with Crippen molar-refractivity contribution in [2.45, 2.75) is 25.1 Å². The molecule has 14 heteroatoms. The number of hydrogen-bond donors (Lipinski definition) is 2. The molecular weight excluding hydrogens is 604 g/mol. The van der Waals surface area contributed by atoms with Gasteiger partial charge in [-0.25, -0.2) is 24.7 Å². The van der Waals surface area contributed by atoms with E-state index in [1.165, 1.54) is 12.4 Å². The van der Waals surface area contributed by atoms with Crippen LogP contribution in [-0.4, -0.2) is 49.7 Å². The van der Waals surface area contributed by atoms with Crippen LogP contribution in [0.15, 0.2) is 73.2 Å². The summed E-state index contributed by atoms with van der Waals surface area (Å²) in [5, 5.41) is 6.56. The molecule has 43 heavy (non-hydrogen) atoms. The lowest BCUT2D eigenvalue weighted by Gasteiger charge is -2.33. The number of alkyl halides is 3. The summed E-state index contributed by atoms with van der Waals surface area (Å²) in [5.74, 6) is 1.26. The third-order valence-electron chi connectivity index (χ3n) is 7.07. The van der Waals surface area contributed by atoms with E-state index in [2.05, 4.69) is 30.5 Å². The van der Waals surface area contributed by atoms with Crippen molar-refractivity contribution in [2.24, 2.45) is 0 Å². The minimum atomic E-state index is -4.55. The van der Waals surface area contributed by atoms with Crippen molar-refractivity contribution >= 4 is 51.9 Å². The van der Waals surface area contributed by atoms with E-state index < -0.39 is 17.9 Å². The Bertz CT molecular complexity index is 1770. The highest BCUT2D eigenvalue weighted by atomic mass is 35.5. The predicted octanol–water partition coefficient (Wildman–Crippen LogP) is 6.99. The van der Waals surface area contributed by atoms with Gasteiger partial charge in [0, 0.05) is 35.4 Å². The largest absolute Gasteiger partial charge is 0.433 e. The number of benzene rings is 2. The molecule has 220 valence electrons. The van der Waals surface area contributed by atoms with Gasteiger partial charge in [-0.05, 0) is 61.4 Å². The van der Waals surface area contributed by atoms with E-state index in [4.69, 9.17) is 28.2 Å². The van der Waals surface area contributed by atoms with Crippen LogP contribution in [0.1, 0.15) is 18.5 Å². The lowest BCUT2D eigenvalue weighted by Crippen LogP contribution is -2.46. The number of urea groups is 1. The van der Waals surface area contributed by atoms with Gasteiger partial charge in [0.25, 0.3) is 0 Å². The molecular formula is C29H23Cl2F3N8O. The van der Waals surface area contributed by atoms with E-state index >= 15 is 0 Å². The average molecular weight is 627 g/mol. The van der Waals surface area contributed by atoms with Gasteiger partial charge in [-0.1, -0.05) is 35.3 Å². The predicted molar refractivity (Wildman–Crippen MR) is 159 cm³/mol. The van der Waals surface area contributed by atoms with Gasteiger partial charge in [-0.2, -0.15) is 13.2 Å². The Morgan fingerprint density at radius 1 is 0.930 bits per heavy atom. The van der Waals surface area contributed by atoms with Crippen molar-refractivity contribution in [2.75, 3.05) is 23.3 Å². The number of nitrogens with zero attached hydrogens (tertiary/aromatic N) is 6. The molecule has 0 spiro atoms. The quantitative estimate of drug-likeness (QED) is 0.218. The summed E-state index contributed by atoms with van der Waals surface area (Å²) in [6, 6.07) is 16.1. The van der Waals surface area contributed by atoms with Crippen LogP contribution in [0, 0.1) is 0 Å². The average Bonchev–Trinajstić information content (AvgIpc) is 3.37. The standard InChI is InChI=1S/C29H23Cl2F3N8O/c30-17-5-8-20(9-6-17)42-25(21-3-1-2-4-22(21)31)40-24-26(36-16-37-27(24)42)41-13-11-18(12-14-41)38-28(43)39-19-7-10-23(35-15-19)29(32,33)34/h1-10,15-16,18H,11-14H2,(H2,38,39,43). The van der Waals surface area contributed by atoms with Crippen molar-refractivity contribution in [3.05, 3.63) is 88.9 Å². The summed E-state index contributed by atoms with van der Waals surface area (Å²) in [4.78, 5) is 32.1. The summed E-state index contributed by atoms with van der Waals surface area (Å²) in [6.07, 6.45) is -0.851. The molecule has 0 unspecified atom stereocenters. The first-order valence-corrected chi connectivity index (χ1v) is 14.0. The maximum Gasteiger partial charge on any atom is 0.433 e. The second-order valence-electron chi connectivity index (χ2n) is 9.89. The van der Waals surface area contributed by atoms with Crippen LogP contribution < -0.4 is 15.5 Å². The van der Waals surface area contributed by atoms with Crippen LogP contribution in [0.3, 0.4) is 0 Å². The fourth-order valence-electron chi connectivity index (χ4n) is 4.99. The topological polar surface area (TPSA) is 101 Å². The molecule has 0 aliphatic carbocycles. The third kappa shape index (κ3) is 6.06. The Morgan fingerprint density at radius 2 is 1.67 bits per heavy atom. The third-order valence-corrected chi connectivity index (χ3v) is 7.65. The molecule has 0 saturated carbocycles. The van der Waals surface area contributed by atoms with Crippen LogP contribution in [0.2, 0.25) is 10.0 Å². The van der Waals surface area contributed by atoms with E-state index in [0.29, 0.717) is 58.8 Å². The first-order chi connectivity index (χ1) is 20.7. The summed E-state index contributed by atoms with van der Waals surface area (Å²) < 4.78 is 40.2. The molecule has 1 aliphatic heterocycles. The number of aromatic nitrogens is 5. The smallest absolute Gasteiger partial charge is 0.355 e. The Kier molecular flexibility index (Phi) is 7.80. The second kappa shape index (κ2) is 11.7. The number of nitrogens with one attached hydrogen (secondary N) is 2. The number of hydrogen-bond acceptors (Lipinski definition) is 6. The fraction of sp³-hybridized carbons (Fsp3) is 0.207. The molecule has 0 bridgehead atoms. The molecule has 2 N–H and O–H groups in total. The lowest BCUT2D eigenvalue weighted by molar-refractivity contribution is -0.141. The van der Waals surface area contributed by atoms with Crippen LogP contribution in [0.5, 0.6) is 0 Å². The molecule has 5 aromatic rings. The zero-order chi connectivity index (χ0) is 30.1. The van der Waals surface area contributed by atoms with E-state index in [9.17, 15) is 18.0 Å². The number of carbonyl (C=O) groups excluding carboxylic acids is 1. The Labute approximate surface area is 253 Å². The van der Waals surface area contributed by atoms with E-state index in [0.717, 1.165) is 23.5 Å². The lowest BCUT2D eigenvalue weighted by atomic mass is 10.1. The second-order valence-corrected chi connectivity index (χ2v) is 10.7. The minimum Gasteiger partial charge on any atom is -0.355 e.